The van der Waals surface area contributed by atoms with Gasteiger partial charge in [0.25, 0.3) is 0 Å². The predicted octanol–water partition coefficient (Wildman–Crippen LogP) is 13.3. The van der Waals surface area contributed by atoms with Gasteiger partial charge in [0, 0.05) is 44.6 Å². The van der Waals surface area contributed by atoms with Gasteiger partial charge < -0.3 is 9.80 Å². The Labute approximate surface area is 283 Å². The first kappa shape index (κ1) is 30.3. The van der Waals surface area contributed by atoms with Crippen LogP contribution < -0.4 is 9.80 Å². The fourth-order valence-corrected chi connectivity index (χ4v) is 6.45. The van der Waals surface area contributed by atoms with Crippen LogP contribution in [0.1, 0.15) is 11.1 Å². The zero-order valence-corrected chi connectivity index (χ0v) is 26.8. The van der Waals surface area contributed by atoms with Crippen LogP contribution in [0.25, 0.3) is 33.7 Å². The number of fused-ring (bicyclic) bond motifs is 2. The van der Waals surface area contributed by atoms with Crippen molar-refractivity contribution >= 4 is 67.8 Å². The molecule has 0 radical (unpaired) electrons. The smallest absolute Gasteiger partial charge is 0.0619 e. The van der Waals surface area contributed by atoms with Crippen LogP contribution in [-0.4, -0.2) is 0 Å². The Morgan fingerprint density at radius 2 is 0.688 bits per heavy atom. The summed E-state index contributed by atoms with van der Waals surface area (Å²) in [5.41, 5.74) is 8.28. The molecule has 0 aliphatic rings. The van der Waals surface area contributed by atoms with E-state index in [0.29, 0.717) is 0 Å². The Hall–Kier alpha value is -6.38. The van der Waals surface area contributed by atoms with Crippen LogP contribution in [0.2, 0.25) is 0 Å². The van der Waals surface area contributed by atoms with E-state index in [1.54, 1.807) is 0 Å². The molecule has 0 bridgehead atoms. The number of anilines is 6. The highest BCUT2D eigenvalue weighted by atomic mass is 15.2. The van der Waals surface area contributed by atoms with Gasteiger partial charge in [0.2, 0.25) is 0 Å². The number of benzene rings is 6. The van der Waals surface area contributed by atoms with Gasteiger partial charge in [-0.1, -0.05) is 159 Å². The van der Waals surface area contributed by atoms with Crippen molar-refractivity contribution in [2.45, 2.75) is 0 Å². The van der Waals surface area contributed by atoms with Crippen molar-refractivity contribution in [3.8, 4) is 0 Å². The monoisotopic (exact) mass is 616 g/mol. The predicted molar refractivity (Wildman–Crippen MR) is 209 cm³/mol. The van der Waals surface area contributed by atoms with Gasteiger partial charge in [-0.25, -0.2) is 0 Å². The van der Waals surface area contributed by atoms with Crippen molar-refractivity contribution in [1.29, 1.82) is 0 Å². The summed E-state index contributed by atoms with van der Waals surface area (Å²) in [5, 5.41) is 4.59. The minimum atomic E-state index is 0.995. The molecule has 0 unspecified atom stereocenters. The topological polar surface area (TPSA) is 6.48 Å². The molecule has 7 rings (SSSR count). The molecule has 0 fully saturated rings. The summed E-state index contributed by atoms with van der Waals surface area (Å²) in [7, 11) is 0. The van der Waals surface area contributed by atoms with E-state index in [1.807, 2.05) is 30.4 Å². The maximum atomic E-state index is 4.41. The van der Waals surface area contributed by atoms with Crippen molar-refractivity contribution in [3.63, 3.8) is 0 Å². The molecule has 0 aliphatic heterocycles. The Kier molecular flexibility index (Phi) is 8.80. The number of hydrogen-bond donors (Lipinski definition) is 0. The summed E-state index contributed by atoms with van der Waals surface area (Å²) >= 11 is 0. The summed E-state index contributed by atoms with van der Waals surface area (Å²) in [6.45, 7) is 8.82. The molecule has 2 heteroatoms. The average Bonchev–Trinajstić information content (AvgIpc) is 3.15. The second-order valence-electron chi connectivity index (χ2n) is 11.5. The average molecular weight is 617 g/mol. The molecule has 0 aliphatic carbocycles. The number of nitrogens with zero attached hydrogens (tertiary/aromatic N) is 2. The van der Waals surface area contributed by atoms with Gasteiger partial charge in [0.05, 0.1) is 11.4 Å². The van der Waals surface area contributed by atoms with Crippen LogP contribution >= 0.6 is 0 Å². The van der Waals surface area contributed by atoms with Crippen LogP contribution in [0.4, 0.5) is 34.1 Å². The van der Waals surface area contributed by atoms with E-state index in [4.69, 9.17) is 0 Å². The lowest BCUT2D eigenvalue weighted by Gasteiger charge is -2.34. The molecule has 48 heavy (non-hydrogen) atoms. The van der Waals surface area contributed by atoms with Gasteiger partial charge in [0.15, 0.2) is 0 Å². The van der Waals surface area contributed by atoms with E-state index in [-0.39, 0.29) is 0 Å². The largest absolute Gasteiger partial charge is 0.309 e. The Morgan fingerprint density at radius 1 is 0.333 bits per heavy atom. The van der Waals surface area contributed by atoms with Crippen molar-refractivity contribution in [2.24, 2.45) is 0 Å². The summed E-state index contributed by atoms with van der Waals surface area (Å²) < 4.78 is 0. The van der Waals surface area contributed by atoms with E-state index in [2.05, 4.69) is 187 Å². The highest BCUT2D eigenvalue weighted by Crippen LogP contribution is 2.50. The maximum absolute atomic E-state index is 4.41. The fraction of sp³-hybridized carbons (Fsp3) is 0. The molecule has 0 saturated heterocycles. The molecule has 0 saturated carbocycles. The summed E-state index contributed by atoms with van der Waals surface area (Å²) in [5.74, 6) is 0. The number of rotatable bonds is 8. The van der Waals surface area contributed by atoms with Gasteiger partial charge in [-0.05, 0) is 59.3 Å². The van der Waals surface area contributed by atoms with Crippen LogP contribution in [-0.2, 0) is 0 Å². The minimum Gasteiger partial charge on any atom is -0.309 e. The first-order valence-electron chi connectivity index (χ1n) is 16.2. The van der Waals surface area contributed by atoms with Gasteiger partial charge in [-0.3, -0.25) is 0 Å². The van der Waals surface area contributed by atoms with Crippen LogP contribution in [0, 0.1) is 0 Å². The first-order valence-corrected chi connectivity index (χ1v) is 16.2. The zero-order chi connectivity index (χ0) is 32.7. The SMILES string of the molecule is C=Cc1c(C=C)c(N(c2ccccc2)c2ccc3ccccc3c2)c2ccccc2c1N(c1ccccccccc1)c1ccccc1. The molecular weight excluding hydrogens is 581 g/mol. The number of para-hydroxylation sites is 2. The zero-order valence-electron chi connectivity index (χ0n) is 26.8. The van der Waals surface area contributed by atoms with Crippen molar-refractivity contribution < 1.29 is 0 Å². The first-order chi connectivity index (χ1) is 23.8. The lowest BCUT2D eigenvalue weighted by molar-refractivity contribution is 1.27. The van der Waals surface area contributed by atoms with E-state index in [9.17, 15) is 0 Å². The number of hydrogen-bond acceptors (Lipinski definition) is 2. The van der Waals surface area contributed by atoms with Gasteiger partial charge in [-0.2, -0.15) is 0 Å². The molecule has 2 nitrogen and oxygen atoms in total. The van der Waals surface area contributed by atoms with E-state index in [1.165, 1.54) is 10.8 Å². The highest BCUT2D eigenvalue weighted by molar-refractivity contribution is 6.14. The Bertz CT molecular complexity index is 2160. The van der Waals surface area contributed by atoms with Gasteiger partial charge in [0.1, 0.15) is 0 Å². The highest BCUT2D eigenvalue weighted by Gasteiger charge is 2.26. The second-order valence-corrected chi connectivity index (χ2v) is 11.5. The van der Waals surface area contributed by atoms with Crippen LogP contribution in [0.5, 0.6) is 0 Å². The Morgan fingerprint density at radius 3 is 1.15 bits per heavy atom. The third-order valence-corrected chi connectivity index (χ3v) is 8.57. The minimum absolute atomic E-state index is 0.995. The Balaban J connectivity index is 1.60. The van der Waals surface area contributed by atoms with E-state index < -0.39 is 0 Å². The van der Waals surface area contributed by atoms with Crippen LogP contribution in [0.15, 0.2) is 195 Å². The molecule has 7 aromatic rings. The van der Waals surface area contributed by atoms with Crippen molar-refractivity contribution in [2.75, 3.05) is 9.80 Å². The van der Waals surface area contributed by atoms with Gasteiger partial charge >= 0.3 is 0 Å². The third kappa shape index (κ3) is 5.84. The summed E-state index contributed by atoms with van der Waals surface area (Å²) in [6, 6.07) is 63.7. The van der Waals surface area contributed by atoms with Gasteiger partial charge in [-0.15, -0.1) is 0 Å². The third-order valence-electron chi connectivity index (χ3n) is 8.57. The van der Waals surface area contributed by atoms with Crippen molar-refractivity contribution in [1.82, 2.24) is 0 Å². The standard InChI is InChI=1S/C46H36N2/c1-3-41-42(4-2)46(48(39-28-16-11-17-29-39)40-33-32-35-22-18-19-23-36(35)34-40)44-31-21-20-30-43(44)45(41)47(38-26-14-10-15-27-38)37-24-12-8-6-5-7-9-13-25-37/h3-34H,1-2H2. The summed E-state index contributed by atoms with van der Waals surface area (Å²) in [6.07, 6.45) is 3.96. The molecule has 0 N–H and O–H groups in total. The maximum Gasteiger partial charge on any atom is 0.0619 e. The molecule has 230 valence electrons. The molecule has 0 atom stereocenters. The molecule has 0 amide bonds. The lowest BCUT2D eigenvalue weighted by Crippen LogP contribution is -2.16. The molecule has 0 heterocycles. The molecule has 0 spiro atoms. The van der Waals surface area contributed by atoms with E-state index in [0.717, 1.165) is 56.0 Å². The lowest BCUT2D eigenvalue weighted by atomic mass is 9.92. The van der Waals surface area contributed by atoms with E-state index >= 15 is 0 Å². The molecule has 0 aromatic heterocycles. The second kappa shape index (κ2) is 13.9. The molecule has 7 aromatic carbocycles. The normalized spacial score (nSPS) is 10.7. The molecular formula is C46H36N2. The quantitative estimate of drug-likeness (QED) is 0.168. The summed E-state index contributed by atoms with van der Waals surface area (Å²) in [4.78, 5) is 4.69. The van der Waals surface area contributed by atoms with Crippen LogP contribution in [0.3, 0.4) is 0 Å². The fourth-order valence-electron chi connectivity index (χ4n) is 6.45. The van der Waals surface area contributed by atoms with Crippen molar-refractivity contribution in [3.05, 3.63) is 206 Å².